The highest BCUT2D eigenvalue weighted by Crippen LogP contribution is 2.21. The molecule has 5 rings (SSSR count). The van der Waals surface area contributed by atoms with Crippen molar-refractivity contribution < 1.29 is 19.0 Å². The third kappa shape index (κ3) is 11.7. The van der Waals surface area contributed by atoms with Crippen molar-refractivity contribution in [2.45, 2.75) is 6.42 Å². The number of nitrogens with zero attached hydrogens (tertiary/aromatic N) is 3. The Kier molecular flexibility index (Phi) is 12.9. The minimum absolute atomic E-state index is 0.118. The van der Waals surface area contributed by atoms with Crippen molar-refractivity contribution in [3.63, 3.8) is 0 Å². The predicted octanol–water partition coefficient (Wildman–Crippen LogP) is 5.86. The molecule has 47 heavy (non-hydrogen) atoms. The van der Waals surface area contributed by atoms with Crippen LogP contribution in [-0.2, 0) is 15.9 Å². The van der Waals surface area contributed by atoms with Gasteiger partial charge in [-0.15, -0.1) is 0 Å². The summed E-state index contributed by atoms with van der Waals surface area (Å²) in [6, 6.07) is 36.7. The third-order valence-corrected chi connectivity index (χ3v) is 6.75. The van der Waals surface area contributed by atoms with Crippen molar-refractivity contribution in [1.29, 1.82) is 0 Å². The van der Waals surface area contributed by atoms with Gasteiger partial charge in [0.25, 0.3) is 5.91 Å². The van der Waals surface area contributed by atoms with Gasteiger partial charge in [-0.05, 0) is 54.1 Å². The first-order valence-corrected chi connectivity index (χ1v) is 15.6. The maximum Gasteiger partial charge on any atom is 0.251 e. The Morgan fingerprint density at radius 1 is 0.553 bits per heavy atom. The highest BCUT2D eigenvalue weighted by Gasteiger charge is 2.09. The summed E-state index contributed by atoms with van der Waals surface area (Å²) in [5.41, 5.74) is 3.53. The molecule has 1 heterocycles. The summed E-state index contributed by atoms with van der Waals surface area (Å²) in [7, 11) is 0. The first-order chi connectivity index (χ1) is 23.2. The van der Waals surface area contributed by atoms with E-state index in [0.717, 1.165) is 23.5 Å². The number of hydrogen-bond acceptors (Lipinski definition) is 10. The van der Waals surface area contributed by atoms with E-state index >= 15 is 0 Å². The molecule has 4 aromatic carbocycles. The maximum atomic E-state index is 12.1. The molecule has 242 valence electrons. The van der Waals surface area contributed by atoms with E-state index in [4.69, 9.17) is 14.2 Å². The van der Waals surface area contributed by atoms with E-state index in [1.54, 1.807) is 12.1 Å². The summed E-state index contributed by atoms with van der Waals surface area (Å²) in [6.45, 7) is 3.18. The number of amides is 1. The fourth-order valence-corrected chi connectivity index (χ4v) is 4.40. The van der Waals surface area contributed by atoms with Gasteiger partial charge in [-0.25, -0.2) is 0 Å². The molecule has 0 atom stereocenters. The van der Waals surface area contributed by atoms with Crippen molar-refractivity contribution >= 4 is 35.1 Å². The molecular weight excluding hydrogens is 594 g/mol. The van der Waals surface area contributed by atoms with Crippen molar-refractivity contribution in [2.75, 3.05) is 62.1 Å². The molecule has 0 saturated carbocycles. The summed E-state index contributed by atoms with van der Waals surface area (Å²) >= 11 is 0. The first-order valence-electron chi connectivity index (χ1n) is 15.6. The number of carbonyl (C=O) groups is 1. The lowest BCUT2D eigenvalue weighted by Gasteiger charge is -2.12. The van der Waals surface area contributed by atoms with Crippen molar-refractivity contribution in [3.8, 4) is 5.75 Å². The number of nitrogens with one attached hydrogen (secondary N) is 4. The van der Waals surface area contributed by atoms with Gasteiger partial charge in [0.15, 0.2) is 0 Å². The van der Waals surface area contributed by atoms with Gasteiger partial charge in [0.2, 0.25) is 17.8 Å². The molecule has 4 N–H and O–H groups in total. The smallest absolute Gasteiger partial charge is 0.251 e. The molecule has 0 aliphatic carbocycles. The lowest BCUT2D eigenvalue weighted by atomic mass is 10.2. The molecular formula is C36H39N7O4. The fourth-order valence-electron chi connectivity index (χ4n) is 4.40. The monoisotopic (exact) mass is 633 g/mol. The Balaban J connectivity index is 1.05. The van der Waals surface area contributed by atoms with Gasteiger partial charge in [-0.1, -0.05) is 66.7 Å². The zero-order valence-electron chi connectivity index (χ0n) is 26.1. The maximum absolute atomic E-state index is 12.1. The standard InChI is InChI=1S/C36H39N7O4/c44-33(29-12-6-2-7-13-29)37-21-24-45-26-27-46-25-22-38-34-41-35(39-30-14-8-3-9-15-30)43-36(42-34)40-31-16-18-32(19-17-31)47-23-20-28-10-4-1-5-11-28/h1-19H,20-27H2,(H,37,44)(H3,38,39,40,41,42,43). The molecule has 5 aromatic rings. The van der Waals surface area contributed by atoms with E-state index in [1.165, 1.54) is 5.56 Å². The van der Waals surface area contributed by atoms with E-state index in [2.05, 4.69) is 48.4 Å². The molecule has 0 saturated heterocycles. The lowest BCUT2D eigenvalue weighted by Crippen LogP contribution is -2.27. The van der Waals surface area contributed by atoms with Crippen LogP contribution >= 0.6 is 0 Å². The first kappa shape index (κ1) is 32.9. The summed E-state index contributed by atoms with van der Waals surface area (Å²) < 4.78 is 17.2. The number of rotatable bonds is 19. The molecule has 0 radical (unpaired) electrons. The van der Waals surface area contributed by atoms with Crippen LogP contribution < -0.4 is 26.0 Å². The number of aromatic nitrogens is 3. The van der Waals surface area contributed by atoms with Gasteiger partial charge in [0.1, 0.15) is 5.75 Å². The summed E-state index contributed by atoms with van der Waals surface area (Å²) in [4.78, 5) is 25.7. The van der Waals surface area contributed by atoms with Crippen LogP contribution in [0.4, 0.5) is 29.2 Å². The van der Waals surface area contributed by atoms with Crippen LogP contribution in [0.2, 0.25) is 0 Å². The fraction of sp³-hybridized carbons (Fsp3) is 0.222. The third-order valence-electron chi connectivity index (χ3n) is 6.75. The zero-order chi connectivity index (χ0) is 32.4. The number of hydrogen-bond donors (Lipinski definition) is 4. The number of para-hydroxylation sites is 1. The van der Waals surface area contributed by atoms with Crippen molar-refractivity contribution in [3.05, 3.63) is 126 Å². The second-order valence-electron chi connectivity index (χ2n) is 10.3. The van der Waals surface area contributed by atoms with Crippen LogP contribution in [0.1, 0.15) is 15.9 Å². The zero-order valence-corrected chi connectivity index (χ0v) is 26.1. The van der Waals surface area contributed by atoms with Gasteiger partial charge < -0.3 is 35.5 Å². The van der Waals surface area contributed by atoms with Crippen LogP contribution in [0.3, 0.4) is 0 Å². The predicted molar refractivity (Wildman–Crippen MR) is 184 cm³/mol. The van der Waals surface area contributed by atoms with E-state index in [9.17, 15) is 4.79 Å². The molecule has 11 nitrogen and oxygen atoms in total. The highest BCUT2D eigenvalue weighted by atomic mass is 16.5. The van der Waals surface area contributed by atoms with Gasteiger partial charge in [0.05, 0.1) is 33.0 Å². The molecule has 0 unspecified atom stereocenters. The van der Waals surface area contributed by atoms with Crippen molar-refractivity contribution in [2.24, 2.45) is 0 Å². The van der Waals surface area contributed by atoms with E-state index in [0.29, 0.717) is 69.5 Å². The van der Waals surface area contributed by atoms with Gasteiger partial charge in [0, 0.05) is 36.4 Å². The number of anilines is 5. The SMILES string of the molecule is O=C(NCCOCCOCCNc1nc(Nc2ccccc2)nc(Nc2ccc(OCCc3ccccc3)cc2)n1)c1ccccc1. The topological polar surface area (TPSA) is 132 Å². The molecule has 1 amide bonds. The molecule has 0 spiro atoms. The van der Waals surface area contributed by atoms with Crippen LogP contribution in [0.25, 0.3) is 0 Å². The van der Waals surface area contributed by atoms with Gasteiger partial charge >= 0.3 is 0 Å². The Labute approximate surface area is 274 Å². The molecule has 0 aliphatic heterocycles. The van der Waals surface area contributed by atoms with Crippen LogP contribution in [0, 0.1) is 0 Å². The summed E-state index contributed by atoms with van der Waals surface area (Å²) in [5, 5.41) is 12.5. The number of carbonyl (C=O) groups excluding carboxylic acids is 1. The minimum Gasteiger partial charge on any atom is -0.493 e. The second-order valence-corrected chi connectivity index (χ2v) is 10.3. The van der Waals surface area contributed by atoms with E-state index in [1.807, 2.05) is 91.0 Å². The molecule has 0 bridgehead atoms. The molecule has 11 heteroatoms. The van der Waals surface area contributed by atoms with Gasteiger partial charge in [-0.3, -0.25) is 4.79 Å². The molecule has 0 fully saturated rings. The Hall–Kier alpha value is -5.52. The van der Waals surface area contributed by atoms with Crippen molar-refractivity contribution in [1.82, 2.24) is 20.3 Å². The largest absolute Gasteiger partial charge is 0.493 e. The van der Waals surface area contributed by atoms with Crippen LogP contribution in [0.15, 0.2) is 115 Å². The Bertz CT molecular complexity index is 1630. The summed E-state index contributed by atoms with van der Waals surface area (Å²) in [6.07, 6.45) is 0.841. The Morgan fingerprint density at radius 2 is 1.11 bits per heavy atom. The number of ether oxygens (including phenoxy) is 3. The highest BCUT2D eigenvalue weighted by molar-refractivity contribution is 5.94. The summed E-state index contributed by atoms with van der Waals surface area (Å²) in [5.74, 6) is 1.85. The second kappa shape index (κ2) is 18.4. The number of benzene rings is 4. The van der Waals surface area contributed by atoms with Crippen LogP contribution in [0.5, 0.6) is 5.75 Å². The average Bonchev–Trinajstić information content (AvgIpc) is 3.11. The van der Waals surface area contributed by atoms with E-state index < -0.39 is 0 Å². The van der Waals surface area contributed by atoms with Gasteiger partial charge in [-0.2, -0.15) is 15.0 Å². The normalized spacial score (nSPS) is 10.6. The van der Waals surface area contributed by atoms with E-state index in [-0.39, 0.29) is 5.91 Å². The quantitative estimate of drug-likeness (QED) is 0.0821. The molecule has 1 aromatic heterocycles. The Morgan fingerprint density at radius 3 is 1.77 bits per heavy atom. The average molecular weight is 634 g/mol. The molecule has 0 aliphatic rings. The van der Waals surface area contributed by atoms with Crippen LogP contribution in [-0.4, -0.2) is 67.0 Å². The lowest BCUT2D eigenvalue weighted by molar-refractivity contribution is 0.0519. The minimum atomic E-state index is -0.118.